The number of nitrogens with two attached hydrogens (primary N) is 2. The molecule has 0 saturated carbocycles. The zero-order chi connectivity index (χ0) is 15.7. The second kappa shape index (κ2) is 8.67. The molecule has 0 aliphatic rings. The van der Waals surface area contributed by atoms with Crippen LogP contribution in [-0.4, -0.2) is 24.3 Å². The fourth-order valence-corrected chi connectivity index (χ4v) is 1.65. The SMILES string of the molecule is NNC(=O)CCCNC(=O)Cc1ccc(C(=O)NN)cc1. The molecule has 114 valence electrons. The molecule has 0 radical (unpaired) electrons. The maximum Gasteiger partial charge on any atom is 0.265 e. The third-order valence-electron chi connectivity index (χ3n) is 2.78. The molecule has 0 aliphatic carbocycles. The van der Waals surface area contributed by atoms with Crippen molar-refractivity contribution in [2.45, 2.75) is 19.3 Å². The minimum Gasteiger partial charge on any atom is -0.356 e. The molecule has 0 fully saturated rings. The average Bonchev–Trinajstić information content (AvgIpc) is 2.51. The number of hydrogen-bond acceptors (Lipinski definition) is 5. The van der Waals surface area contributed by atoms with Gasteiger partial charge in [0.25, 0.3) is 5.91 Å². The molecular weight excluding hydrogens is 274 g/mol. The lowest BCUT2D eigenvalue weighted by atomic mass is 10.1. The van der Waals surface area contributed by atoms with Gasteiger partial charge in [-0.1, -0.05) is 12.1 Å². The zero-order valence-corrected chi connectivity index (χ0v) is 11.5. The van der Waals surface area contributed by atoms with Crippen molar-refractivity contribution >= 4 is 17.7 Å². The van der Waals surface area contributed by atoms with Crippen molar-refractivity contribution in [1.29, 1.82) is 0 Å². The van der Waals surface area contributed by atoms with Crippen LogP contribution in [0.2, 0.25) is 0 Å². The topological polar surface area (TPSA) is 139 Å². The van der Waals surface area contributed by atoms with Gasteiger partial charge < -0.3 is 5.32 Å². The second-order valence-corrected chi connectivity index (χ2v) is 4.37. The van der Waals surface area contributed by atoms with E-state index in [1.165, 1.54) is 0 Å². The monoisotopic (exact) mass is 293 g/mol. The lowest BCUT2D eigenvalue weighted by Crippen LogP contribution is -2.31. The number of benzene rings is 1. The predicted octanol–water partition coefficient (Wildman–Crippen LogP) is -1.28. The molecule has 0 aromatic heterocycles. The molecule has 0 aliphatic heterocycles. The Bertz CT molecular complexity index is 501. The zero-order valence-electron chi connectivity index (χ0n) is 11.5. The summed E-state index contributed by atoms with van der Waals surface area (Å²) in [6, 6.07) is 6.56. The van der Waals surface area contributed by atoms with Crippen LogP contribution in [0.15, 0.2) is 24.3 Å². The van der Waals surface area contributed by atoms with E-state index in [4.69, 9.17) is 11.7 Å². The summed E-state index contributed by atoms with van der Waals surface area (Å²) in [6.45, 7) is 0.403. The first-order chi connectivity index (χ1) is 10.1. The van der Waals surface area contributed by atoms with E-state index in [-0.39, 0.29) is 30.6 Å². The molecule has 3 amide bonds. The number of hydrogen-bond donors (Lipinski definition) is 5. The maximum atomic E-state index is 11.7. The molecule has 8 heteroatoms. The van der Waals surface area contributed by atoms with Crippen LogP contribution in [0, 0.1) is 0 Å². The number of amides is 3. The molecular formula is C13H19N5O3. The van der Waals surface area contributed by atoms with Gasteiger partial charge in [-0.2, -0.15) is 0 Å². The van der Waals surface area contributed by atoms with Crippen molar-refractivity contribution in [3.8, 4) is 0 Å². The van der Waals surface area contributed by atoms with E-state index in [0.717, 1.165) is 5.56 Å². The normalized spacial score (nSPS) is 9.81. The Morgan fingerprint density at radius 3 is 2.19 bits per heavy atom. The molecule has 0 bridgehead atoms. The quantitative estimate of drug-likeness (QED) is 0.184. The Hall–Kier alpha value is -2.45. The summed E-state index contributed by atoms with van der Waals surface area (Å²) in [5.74, 6) is 9.15. The number of nitrogen functional groups attached to an aromatic ring is 1. The largest absolute Gasteiger partial charge is 0.356 e. The smallest absolute Gasteiger partial charge is 0.265 e. The van der Waals surface area contributed by atoms with E-state index in [1.54, 1.807) is 24.3 Å². The lowest BCUT2D eigenvalue weighted by molar-refractivity contribution is -0.122. The van der Waals surface area contributed by atoms with Crippen molar-refractivity contribution in [3.63, 3.8) is 0 Å². The third kappa shape index (κ3) is 6.02. The Morgan fingerprint density at radius 1 is 0.952 bits per heavy atom. The number of nitrogens with one attached hydrogen (secondary N) is 3. The summed E-state index contributed by atoms with van der Waals surface area (Å²) < 4.78 is 0. The van der Waals surface area contributed by atoms with E-state index in [1.807, 2.05) is 10.9 Å². The molecule has 0 unspecified atom stereocenters. The third-order valence-corrected chi connectivity index (χ3v) is 2.78. The Balaban J connectivity index is 2.34. The first-order valence-electron chi connectivity index (χ1n) is 6.43. The van der Waals surface area contributed by atoms with E-state index < -0.39 is 0 Å². The number of hydrazine groups is 2. The summed E-state index contributed by atoms with van der Waals surface area (Å²) in [7, 11) is 0. The van der Waals surface area contributed by atoms with Crippen LogP contribution in [-0.2, 0) is 16.0 Å². The van der Waals surface area contributed by atoms with E-state index in [9.17, 15) is 14.4 Å². The highest BCUT2D eigenvalue weighted by Crippen LogP contribution is 2.05. The van der Waals surface area contributed by atoms with Gasteiger partial charge in [0.05, 0.1) is 6.42 Å². The molecule has 0 saturated heterocycles. The molecule has 1 aromatic rings. The maximum absolute atomic E-state index is 11.7. The Morgan fingerprint density at radius 2 is 1.62 bits per heavy atom. The highest BCUT2D eigenvalue weighted by atomic mass is 16.2. The number of rotatable bonds is 7. The van der Waals surface area contributed by atoms with Crippen LogP contribution >= 0.6 is 0 Å². The summed E-state index contributed by atoms with van der Waals surface area (Å²) in [5.41, 5.74) is 5.25. The number of carbonyl (C=O) groups excluding carboxylic acids is 3. The summed E-state index contributed by atoms with van der Waals surface area (Å²) >= 11 is 0. The highest BCUT2D eigenvalue weighted by Gasteiger charge is 2.06. The average molecular weight is 293 g/mol. The van der Waals surface area contributed by atoms with E-state index in [0.29, 0.717) is 18.5 Å². The fourth-order valence-electron chi connectivity index (χ4n) is 1.65. The molecule has 7 N–H and O–H groups in total. The fraction of sp³-hybridized carbons (Fsp3) is 0.308. The minimum atomic E-state index is -0.385. The minimum absolute atomic E-state index is 0.154. The molecule has 1 aromatic carbocycles. The van der Waals surface area contributed by atoms with Gasteiger partial charge in [0.1, 0.15) is 0 Å². The molecule has 21 heavy (non-hydrogen) atoms. The summed E-state index contributed by atoms with van der Waals surface area (Å²) in [5, 5.41) is 2.70. The number of carbonyl (C=O) groups is 3. The molecule has 1 rings (SSSR count). The van der Waals surface area contributed by atoms with Crippen LogP contribution in [0.5, 0.6) is 0 Å². The van der Waals surface area contributed by atoms with Gasteiger partial charge in [-0.05, 0) is 24.1 Å². The molecule has 0 atom stereocenters. The van der Waals surface area contributed by atoms with Crippen LogP contribution in [0.3, 0.4) is 0 Å². The van der Waals surface area contributed by atoms with Gasteiger partial charge in [-0.15, -0.1) is 0 Å². The van der Waals surface area contributed by atoms with Crippen molar-refractivity contribution < 1.29 is 14.4 Å². The second-order valence-electron chi connectivity index (χ2n) is 4.37. The van der Waals surface area contributed by atoms with Crippen LogP contribution in [0.4, 0.5) is 0 Å². The Labute approximate surface area is 122 Å². The van der Waals surface area contributed by atoms with Gasteiger partial charge >= 0.3 is 0 Å². The Kier molecular flexibility index (Phi) is 6.85. The van der Waals surface area contributed by atoms with E-state index >= 15 is 0 Å². The van der Waals surface area contributed by atoms with Gasteiger partial charge in [-0.3, -0.25) is 25.2 Å². The van der Waals surface area contributed by atoms with Crippen molar-refractivity contribution in [2.75, 3.05) is 6.54 Å². The van der Waals surface area contributed by atoms with Gasteiger partial charge in [-0.25, -0.2) is 11.7 Å². The van der Waals surface area contributed by atoms with Crippen molar-refractivity contribution in [2.24, 2.45) is 11.7 Å². The van der Waals surface area contributed by atoms with Crippen LogP contribution < -0.4 is 27.9 Å². The van der Waals surface area contributed by atoms with Gasteiger partial charge in [0.15, 0.2) is 0 Å². The first kappa shape index (κ1) is 16.6. The molecule has 0 heterocycles. The van der Waals surface area contributed by atoms with Crippen LogP contribution in [0.25, 0.3) is 0 Å². The van der Waals surface area contributed by atoms with Crippen LogP contribution in [0.1, 0.15) is 28.8 Å². The summed E-state index contributed by atoms with van der Waals surface area (Å²) in [4.78, 5) is 33.8. The van der Waals surface area contributed by atoms with Gasteiger partial charge in [0, 0.05) is 18.5 Å². The van der Waals surface area contributed by atoms with Crippen molar-refractivity contribution in [3.05, 3.63) is 35.4 Å². The van der Waals surface area contributed by atoms with E-state index in [2.05, 4.69) is 5.32 Å². The predicted molar refractivity (Wildman–Crippen MR) is 76.4 cm³/mol. The standard InChI is InChI=1S/C13H19N5O3/c14-17-11(19)2-1-7-16-12(20)8-9-3-5-10(6-4-9)13(21)18-15/h3-6H,1-2,7-8,14-15H2,(H,16,20)(H,17,19)(H,18,21). The van der Waals surface area contributed by atoms with Crippen molar-refractivity contribution in [1.82, 2.24) is 16.2 Å². The highest BCUT2D eigenvalue weighted by molar-refractivity contribution is 5.93. The van der Waals surface area contributed by atoms with Gasteiger partial charge in [0.2, 0.25) is 11.8 Å². The lowest BCUT2D eigenvalue weighted by Gasteiger charge is -2.06. The molecule has 8 nitrogen and oxygen atoms in total. The molecule has 0 spiro atoms. The first-order valence-corrected chi connectivity index (χ1v) is 6.43. The summed E-state index contributed by atoms with van der Waals surface area (Å²) in [6.07, 6.45) is 0.984.